The molecule has 0 bridgehead atoms. The quantitative estimate of drug-likeness (QED) is 0.653. The van der Waals surface area contributed by atoms with E-state index in [-0.39, 0.29) is 34.7 Å². The molecule has 1 unspecified atom stereocenters. The number of Topliss-reactive ketones (excluding diaryl/α,β-unsaturated/α-hetero) is 1. The van der Waals surface area contributed by atoms with Crippen molar-refractivity contribution in [2.45, 2.75) is 12.8 Å². The smallest absolute Gasteiger partial charge is 0.167 e. The summed E-state index contributed by atoms with van der Waals surface area (Å²) in [4.78, 5) is 12.3. The van der Waals surface area contributed by atoms with Crippen LogP contribution in [0, 0.1) is 5.92 Å². The summed E-state index contributed by atoms with van der Waals surface area (Å²) in [7, 11) is 0. The molecule has 0 saturated heterocycles. The van der Waals surface area contributed by atoms with Gasteiger partial charge in [0.2, 0.25) is 0 Å². The molecule has 0 saturated carbocycles. The van der Waals surface area contributed by atoms with Crippen LogP contribution in [0.1, 0.15) is 27.9 Å². The summed E-state index contributed by atoms with van der Waals surface area (Å²) < 4.78 is 0. The van der Waals surface area contributed by atoms with Crippen molar-refractivity contribution < 1.29 is 25.2 Å². The minimum absolute atomic E-state index is 0.0477. The minimum atomic E-state index is -0.284. The predicted molar refractivity (Wildman–Crippen MR) is 84.7 cm³/mol. The summed E-state index contributed by atoms with van der Waals surface area (Å²) in [5.41, 5.74) is 1.92. The Hall–Kier alpha value is -2.95. The van der Waals surface area contributed by atoms with E-state index in [1.54, 1.807) is 12.1 Å². The van der Waals surface area contributed by atoms with Crippen LogP contribution in [0.4, 0.5) is 0 Å². The van der Waals surface area contributed by atoms with Crippen LogP contribution >= 0.6 is 0 Å². The summed E-state index contributed by atoms with van der Waals surface area (Å²) in [6, 6.07) is 7.25. The van der Waals surface area contributed by atoms with E-state index in [2.05, 4.69) is 0 Å². The molecule has 23 heavy (non-hydrogen) atoms. The van der Waals surface area contributed by atoms with Crippen molar-refractivity contribution in [2.24, 2.45) is 5.92 Å². The Morgan fingerprint density at radius 3 is 2.39 bits per heavy atom. The van der Waals surface area contributed by atoms with Gasteiger partial charge in [0, 0.05) is 11.5 Å². The van der Waals surface area contributed by atoms with Crippen molar-refractivity contribution >= 4 is 11.9 Å². The van der Waals surface area contributed by atoms with Gasteiger partial charge in [0.05, 0.1) is 0 Å². The molecule has 1 aliphatic rings. The first-order chi connectivity index (χ1) is 11.0. The van der Waals surface area contributed by atoms with E-state index in [1.807, 2.05) is 6.08 Å². The fourth-order valence-corrected chi connectivity index (χ4v) is 2.80. The third-order valence-electron chi connectivity index (χ3n) is 4.03. The number of allylic oxidation sites excluding steroid dienone is 1. The second-order valence-corrected chi connectivity index (χ2v) is 5.65. The molecule has 2 aromatic carbocycles. The van der Waals surface area contributed by atoms with E-state index in [1.165, 1.54) is 24.3 Å². The lowest BCUT2D eigenvalue weighted by Gasteiger charge is -2.03. The van der Waals surface area contributed by atoms with Gasteiger partial charge in [-0.15, -0.1) is 0 Å². The second kappa shape index (κ2) is 5.68. The highest BCUT2D eigenvalue weighted by Crippen LogP contribution is 2.36. The molecule has 0 radical (unpaired) electrons. The number of benzene rings is 2. The predicted octanol–water partition coefficient (Wildman–Crippen LogP) is 2.97. The number of phenolic OH excluding ortho intramolecular Hbond substituents is 4. The average molecular weight is 312 g/mol. The van der Waals surface area contributed by atoms with Gasteiger partial charge in [-0.05, 0) is 48.2 Å². The largest absolute Gasteiger partial charge is 0.504 e. The van der Waals surface area contributed by atoms with Gasteiger partial charge in [-0.25, -0.2) is 0 Å². The highest BCUT2D eigenvalue weighted by molar-refractivity contribution is 6.03. The Bertz CT molecular complexity index is 807. The van der Waals surface area contributed by atoms with Crippen LogP contribution in [0.5, 0.6) is 23.0 Å². The number of aromatic hydroxyl groups is 4. The fourth-order valence-electron chi connectivity index (χ4n) is 2.80. The van der Waals surface area contributed by atoms with Gasteiger partial charge in [0.25, 0.3) is 0 Å². The van der Waals surface area contributed by atoms with Gasteiger partial charge in [0.15, 0.2) is 28.8 Å². The average Bonchev–Trinajstić information content (AvgIpc) is 2.80. The van der Waals surface area contributed by atoms with E-state index in [0.29, 0.717) is 18.4 Å². The third kappa shape index (κ3) is 2.85. The number of carbonyl (C=O) groups excluding carboxylic acids is 1. The van der Waals surface area contributed by atoms with E-state index < -0.39 is 0 Å². The maximum Gasteiger partial charge on any atom is 0.167 e. The minimum Gasteiger partial charge on any atom is -0.504 e. The number of rotatable bonds is 3. The number of phenols is 4. The van der Waals surface area contributed by atoms with Gasteiger partial charge in [-0.3, -0.25) is 4.79 Å². The van der Waals surface area contributed by atoms with Gasteiger partial charge in [0.1, 0.15) is 0 Å². The van der Waals surface area contributed by atoms with E-state index in [0.717, 1.165) is 11.1 Å². The number of hydrogen-bond donors (Lipinski definition) is 4. The van der Waals surface area contributed by atoms with Crippen molar-refractivity contribution in [1.29, 1.82) is 0 Å². The van der Waals surface area contributed by atoms with E-state index in [9.17, 15) is 25.2 Å². The van der Waals surface area contributed by atoms with Gasteiger partial charge in [-0.2, -0.15) is 0 Å². The Morgan fingerprint density at radius 2 is 1.65 bits per heavy atom. The summed E-state index contributed by atoms with van der Waals surface area (Å²) in [6.45, 7) is 0. The lowest BCUT2D eigenvalue weighted by atomic mass is 10.00. The lowest BCUT2D eigenvalue weighted by molar-refractivity contribution is 0.0937. The molecule has 2 aromatic rings. The van der Waals surface area contributed by atoms with Crippen molar-refractivity contribution in [3.05, 3.63) is 53.1 Å². The van der Waals surface area contributed by atoms with Gasteiger partial charge >= 0.3 is 0 Å². The van der Waals surface area contributed by atoms with Crippen molar-refractivity contribution in [1.82, 2.24) is 0 Å². The first kappa shape index (κ1) is 15.0. The van der Waals surface area contributed by atoms with Gasteiger partial charge < -0.3 is 20.4 Å². The van der Waals surface area contributed by atoms with Crippen molar-refractivity contribution in [3.8, 4) is 23.0 Å². The van der Waals surface area contributed by atoms with Crippen LogP contribution in [0.15, 0.2) is 36.4 Å². The molecule has 5 heteroatoms. The number of fused-ring (bicyclic) bond motifs is 1. The molecule has 0 aromatic heterocycles. The zero-order chi connectivity index (χ0) is 16.6. The van der Waals surface area contributed by atoms with Crippen LogP contribution < -0.4 is 0 Å². The van der Waals surface area contributed by atoms with Gasteiger partial charge in [-0.1, -0.05) is 18.2 Å². The number of hydrogen-bond acceptors (Lipinski definition) is 5. The highest BCUT2D eigenvalue weighted by atomic mass is 16.3. The molecule has 0 spiro atoms. The zero-order valence-corrected chi connectivity index (χ0v) is 12.2. The Balaban J connectivity index is 1.71. The van der Waals surface area contributed by atoms with Crippen molar-refractivity contribution in [2.75, 3.05) is 0 Å². The molecule has 1 aliphatic carbocycles. The SMILES string of the molecule is O=C1c2cc(O)c(O)cc2CC1C/C=C/c1ccc(O)c(O)c1. The standard InChI is InChI=1S/C18H16O5/c19-14-5-4-10(6-15(14)20)2-1-3-11-7-12-8-16(21)17(22)9-13(12)18(11)23/h1-2,4-6,8-9,11,19-22H,3,7H2/b2-1+. The van der Waals surface area contributed by atoms with Crippen molar-refractivity contribution in [3.63, 3.8) is 0 Å². The fraction of sp³-hybridized carbons (Fsp3) is 0.167. The highest BCUT2D eigenvalue weighted by Gasteiger charge is 2.30. The molecule has 118 valence electrons. The summed E-state index contributed by atoms with van der Waals surface area (Å²) >= 11 is 0. The van der Waals surface area contributed by atoms with Crippen LogP contribution in [0.2, 0.25) is 0 Å². The molecule has 0 fully saturated rings. The molecule has 0 aliphatic heterocycles. The third-order valence-corrected chi connectivity index (χ3v) is 4.03. The first-order valence-electron chi connectivity index (χ1n) is 7.23. The zero-order valence-electron chi connectivity index (χ0n) is 12.2. The molecule has 0 heterocycles. The molecule has 1 atom stereocenters. The molecule has 5 nitrogen and oxygen atoms in total. The maximum absolute atomic E-state index is 12.3. The first-order valence-corrected chi connectivity index (χ1v) is 7.23. The lowest BCUT2D eigenvalue weighted by Crippen LogP contribution is -2.07. The topological polar surface area (TPSA) is 98.0 Å². The Labute approximate surface area is 132 Å². The van der Waals surface area contributed by atoms with Crippen LogP contribution in [-0.4, -0.2) is 26.2 Å². The molecule has 0 amide bonds. The normalized spacial score (nSPS) is 16.9. The van der Waals surface area contributed by atoms with Crippen LogP contribution in [0.3, 0.4) is 0 Å². The van der Waals surface area contributed by atoms with E-state index >= 15 is 0 Å². The molecule has 3 rings (SSSR count). The Kier molecular flexibility index (Phi) is 3.70. The maximum atomic E-state index is 12.3. The number of carbonyl (C=O) groups is 1. The Morgan fingerprint density at radius 1 is 0.957 bits per heavy atom. The number of ketones is 1. The van der Waals surface area contributed by atoms with Crippen LogP contribution in [0.25, 0.3) is 6.08 Å². The molecule has 4 N–H and O–H groups in total. The molecular formula is C18H16O5. The summed E-state index contributed by atoms with van der Waals surface area (Å²) in [5, 5.41) is 37.7. The summed E-state index contributed by atoms with van der Waals surface area (Å²) in [6.07, 6.45) is 4.63. The monoisotopic (exact) mass is 312 g/mol. The van der Waals surface area contributed by atoms with E-state index in [4.69, 9.17) is 0 Å². The second-order valence-electron chi connectivity index (χ2n) is 5.65. The summed E-state index contributed by atoms with van der Waals surface area (Å²) in [5.74, 6) is -1.15. The molecular weight excluding hydrogens is 296 g/mol. The van der Waals surface area contributed by atoms with Crippen LogP contribution in [-0.2, 0) is 6.42 Å².